The van der Waals surface area contributed by atoms with Gasteiger partial charge >= 0.3 is 5.97 Å². The number of aromatic nitrogens is 1. The molecule has 7 nitrogen and oxygen atoms in total. The van der Waals surface area contributed by atoms with Crippen LogP contribution in [0.5, 0.6) is 11.5 Å². The fourth-order valence-corrected chi connectivity index (χ4v) is 5.84. The molecule has 0 radical (unpaired) electrons. The molecule has 1 N–H and O–H groups in total. The van der Waals surface area contributed by atoms with Crippen molar-refractivity contribution < 1.29 is 19.4 Å². The van der Waals surface area contributed by atoms with Crippen molar-refractivity contribution in [1.82, 2.24) is 9.88 Å². The first-order valence-electron chi connectivity index (χ1n) is 14.0. The van der Waals surface area contributed by atoms with E-state index < -0.39 is 12.0 Å². The molecule has 8 heteroatoms. The zero-order valence-corrected chi connectivity index (χ0v) is 25.0. The summed E-state index contributed by atoms with van der Waals surface area (Å²) in [5, 5.41) is 19.1. The predicted molar refractivity (Wildman–Crippen MR) is 164 cm³/mol. The minimum Gasteiger partial charge on any atom is -0.488 e. The molecule has 1 atom stereocenters. The Morgan fingerprint density at radius 2 is 1.83 bits per heavy atom. The Morgan fingerprint density at radius 1 is 1.02 bits per heavy atom. The molecule has 0 saturated carbocycles. The molecule has 0 aliphatic carbocycles. The SMILES string of the molecule is Cc1c(COc2cc(OCc3cncc(C#N)c3)c(CN3CCCC[C@H]3C(=O)O)cc2Br)cccc1-c1ccccc1. The van der Waals surface area contributed by atoms with E-state index in [1.807, 2.05) is 41.3 Å². The van der Waals surface area contributed by atoms with Gasteiger partial charge in [-0.2, -0.15) is 5.26 Å². The third-order valence-corrected chi connectivity index (χ3v) is 8.24. The number of hydrogen-bond acceptors (Lipinski definition) is 6. The molecule has 1 aliphatic rings. The van der Waals surface area contributed by atoms with Crippen molar-refractivity contribution in [3.8, 4) is 28.7 Å². The zero-order valence-electron chi connectivity index (χ0n) is 23.4. The molecule has 3 aromatic carbocycles. The smallest absolute Gasteiger partial charge is 0.320 e. The maximum absolute atomic E-state index is 12.0. The average Bonchev–Trinajstić information content (AvgIpc) is 3.01. The summed E-state index contributed by atoms with van der Waals surface area (Å²) in [5.41, 5.74) is 6.63. The van der Waals surface area contributed by atoms with Gasteiger partial charge in [-0.25, -0.2) is 0 Å². The van der Waals surface area contributed by atoms with E-state index in [-0.39, 0.29) is 6.61 Å². The molecule has 4 aromatic rings. The molecular formula is C34H32BrN3O4. The van der Waals surface area contributed by atoms with Crippen LogP contribution >= 0.6 is 15.9 Å². The lowest BCUT2D eigenvalue weighted by molar-refractivity contribution is -0.144. The highest BCUT2D eigenvalue weighted by Crippen LogP contribution is 2.36. The molecule has 0 amide bonds. The van der Waals surface area contributed by atoms with Gasteiger partial charge in [-0.1, -0.05) is 55.0 Å². The molecule has 1 saturated heterocycles. The van der Waals surface area contributed by atoms with Crippen LogP contribution < -0.4 is 9.47 Å². The molecule has 0 unspecified atom stereocenters. The Balaban J connectivity index is 1.41. The summed E-state index contributed by atoms with van der Waals surface area (Å²) in [4.78, 5) is 18.1. The number of rotatable bonds is 10. The van der Waals surface area contributed by atoms with Gasteiger partial charge < -0.3 is 14.6 Å². The highest BCUT2D eigenvalue weighted by molar-refractivity contribution is 9.10. The van der Waals surface area contributed by atoms with E-state index in [0.29, 0.717) is 43.2 Å². The molecule has 1 aromatic heterocycles. The number of pyridine rings is 1. The molecular weight excluding hydrogens is 594 g/mol. The van der Waals surface area contributed by atoms with Crippen LogP contribution in [0.3, 0.4) is 0 Å². The van der Waals surface area contributed by atoms with Crippen LogP contribution in [-0.2, 0) is 24.6 Å². The molecule has 1 aliphatic heterocycles. The van der Waals surface area contributed by atoms with Gasteiger partial charge in [0.2, 0.25) is 0 Å². The summed E-state index contributed by atoms with van der Waals surface area (Å²) in [7, 11) is 0. The summed E-state index contributed by atoms with van der Waals surface area (Å²) < 4.78 is 13.4. The average molecular weight is 627 g/mol. The molecule has 2 heterocycles. The van der Waals surface area contributed by atoms with Crippen molar-refractivity contribution >= 4 is 21.9 Å². The summed E-state index contributed by atoms with van der Waals surface area (Å²) in [5.74, 6) is 0.416. The van der Waals surface area contributed by atoms with Crippen molar-refractivity contribution in [2.24, 2.45) is 0 Å². The topological polar surface area (TPSA) is 95.7 Å². The predicted octanol–water partition coefficient (Wildman–Crippen LogP) is 7.29. The number of ether oxygens (including phenoxy) is 2. The fraction of sp³-hybridized carbons (Fsp3) is 0.265. The van der Waals surface area contributed by atoms with Crippen LogP contribution in [0.25, 0.3) is 11.1 Å². The second kappa shape index (κ2) is 13.6. The first-order valence-corrected chi connectivity index (χ1v) is 14.7. The molecule has 214 valence electrons. The number of nitrogens with zero attached hydrogens (tertiary/aromatic N) is 3. The number of likely N-dealkylation sites (tertiary alicyclic amines) is 1. The van der Waals surface area contributed by atoms with Gasteiger partial charge in [0.1, 0.15) is 36.8 Å². The van der Waals surface area contributed by atoms with Crippen molar-refractivity contribution in [3.05, 3.63) is 111 Å². The lowest BCUT2D eigenvalue weighted by atomic mass is 9.97. The highest BCUT2D eigenvalue weighted by Gasteiger charge is 2.29. The second-order valence-electron chi connectivity index (χ2n) is 10.4. The number of piperidine rings is 1. The quantitative estimate of drug-likeness (QED) is 0.198. The van der Waals surface area contributed by atoms with E-state index in [9.17, 15) is 15.2 Å². The first-order chi connectivity index (χ1) is 20.4. The van der Waals surface area contributed by atoms with Gasteiger partial charge in [0, 0.05) is 36.1 Å². The Morgan fingerprint density at radius 3 is 2.62 bits per heavy atom. The van der Waals surface area contributed by atoms with Gasteiger partial charge in [-0.3, -0.25) is 14.7 Å². The van der Waals surface area contributed by atoms with Crippen LogP contribution in [0.1, 0.15) is 47.1 Å². The van der Waals surface area contributed by atoms with Crippen molar-refractivity contribution in [3.63, 3.8) is 0 Å². The number of carbonyl (C=O) groups is 1. The van der Waals surface area contributed by atoms with Gasteiger partial charge in [0.05, 0.1) is 10.0 Å². The van der Waals surface area contributed by atoms with E-state index in [2.05, 4.69) is 58.2 Å². The van der Waals surface area contributed by atoms with Crippen LogP contribution in [0, 0.1) is 18.3 Å². The van der Waals surface area contributed by atoms with Crippen molar-refractivity contribution in [2.75, 3.05) is 6.54 Å². The third kappa shape index (κ3) is 6.99. The fourth-order valence-electron chi connectivity index (χ4n) is 5.34. The Bertz CT molecular complexity index is 1600. The standard InChI is InChI=1S/C34H32BrN3O4/c1-23-27(10-7-11-29(23)26-8-3-2-4-9-26)22-42-33-16-32(41-21-25-14-24(17-36)18-37-19-25)28(15-30(33)35)20-38-13-6-5-12-31(38)34(39)40/h2-4,7-11,14-16,18-19,31H,5-6,12-13,20-22H2,1H3,(H,39,40)/t31-/m0/s1. The summed E-state index contributed by atoms with van der Waals surface area (Å²) in [6.45, 7) is 3.81. The van der Waals surface area contributed by atoms with Gasteiger partial charge in [0.15, 0.2) is 0 Å². The Hall–Kier alpha value is -4.19. The first kappa shape index (κ1) is 29.3. The van der Waals surface area contributed by atoms with E-state index in [1.54, 1.807) is 12.3 Å². The summed E-state index contributed by atoms with van der Waals surface area (Å²) in [6.07, 6.45) is 5.67. The summed E-state index contributed by atoms with van der Waals surface area (Å²) in [6, 6.07) is 23.6. The van der Waals surface area contributed by atoms with E-state index in [1.165, 1.54) is 6.20 Å². The zero-order chi connectivity index (χ0) is 29.5. The molecule has 42 heavy (non-hydrogen) atoms. The number of aliphatic carboxylic acids is 1. The van der Waals surface area contributed by atoms with Crippen LogP contribution in [0.4, 0.5) is 0 Å². The number of carboxylic acids is 1. The number of nitriles is 1. The minimum atomic E-state index is -0.802. The number of halogens is 1. The molecule has 5 rings (SSSR count). The maximum Gasteiger partial charge on any atom is 0.320 e. The lowest BCUT2D eigenvalue weighted by Crippen LogP contribution is -2.44. The van der Waals surface area contributed by atoms with Crippen molar-refractivity contribution in [2.45, 2.75) is 52.0 Å². The number of benzene rings is 3. The van der Waals surface area contributed by atoms with Gasteiger partial charge in [-0.15, -0.1) is 0 Å². The summed E-state index contributed by atoms with van der Waals surface area (Å²) >= 11 is 3.69. The van der Waals surface area contributed by atoms with Gasteiger partial charge in [-0.05, 0) is 76.6 Å². The van der Waals surface area contributed by atoms with Crippen LogP contribution in [0.15, 0.2) is 83.6 Å². The minimum absolute atomic E-state index is 0.206. The molecule has 1 fully saturated rings. The van der Waals surface area contributed by atoms with Crippen molar-refractivity contribution in [1.29, 1.82) is 5.26 Å². The van der Waals surface area contributed by atoms with Crippen LogP contribution in [-0.4, -0.2) is 33.5 Å². The largest absolute Gasteiger partial charge is 0.488 e. The van der Waals surface area contributed by atoms with Crippen LogP contribution in [0.2, 0.25) is 0 Å². The Kier molecular flexibility index (Phi) is 9.52. The lowest BCUT2D eigenvalue weighted by Gasteiger charge is -2.33. The van der Waals surface area contributed by atoms with Gasteiger partial charge in [0.25, 0.3) is 0 Å². The molecule has 0 bridgehead atoms. The normalized spacial score (nSPS) is 15.1. The van der Waals surface area contributed by atoms with E-state index in [4.69, 9.17) is 9.47 Å². The number of hydrogen-bond donors (Lipinski definition) is 1. The monoisotopic (exact) mass is 625 g/mol. The van der Waals surface area contributed by atoms with E-state index in [0.717, 1.165) is 50.7 Å². The number of carboxylic acid groups (broad SMARTS) is 1. The molecule has 0 spiro atoms. The highest BCUT2D eigenvalue weighted by atomic mass is 79.9. The van der Waals surface area contributed by atoms with E-state index >= 15 is 0 Å². The maximum atomic E-state index is 12.0. The second-order valence-corrected chi connectivity index (χ2v) is 11.3. The Labute approximate surface area is 254 Å². The third-order valence-electron chi connectivity index (χ3n) is 7.62.